The van der Waals surface area contributed by atoms with Gasteiger partial charge in [-0.25, -0.2) is 9.59 Å². The molecule has 3 aromatic rings. The van der Waals surface area contributed by atoms with E-state index in [1.165, 1.54) is 0 Å². The molecule has 11 nitrogen and oxygen atoms in total. The van der Waals surface area contributed by atoms with Gasteiger partial charge in [-0.05, 0) is 55.3 Å². The summed E-state index contributed by atoms with van der Waals surface area (Å²) < 4.78 is 0. The predicted octanol–water partition coefficient (Wildman–Crippen LogP) is 1.29. The van der Waals surface area contributed by atoms with E-state index < -0.39 is 35.1 Å². The van der Waals surface area contributed by atoms with Gasteiger partial charge < -0.3 is 25.4 Å². The number of carboxylic acid groups (broad SMARTS) is 2. The van der Waals surface area contributed by atoms with Crippen molar-refractivity contribution in [2.24, 2.45) is 0 Å². The molecule has 34 heavy (non-hydrogen) atoms. The van der Waals surface area contributed by atoms with Gasteiger partial charge in [0, 0.05) is 30.8 Å². The minimum atomic E-state index is -1.30. The normalized spacial score (nSPS) is 11.7. The van der Waals surface area contributed by atoms with Crippen LogP contribution in [0, 0.1) is 0 Å². The summed E-state index contributed by atoms with van der Waals surface area (Å²) >= 11 is 0. The number of hydrogen-bond donors (Lipinski definition) is 5. The lowest BCUT2D eigenvalue weighted by Crippen LogP contribution is -2.41. The van der Waals surface area contributed by atoms with Crippen LogP contribution in [0.2, 0.25) is 0 Å². The van der Waals surface area contributed by atoms with E-state index in [4.69, 9.17) is 5.11 Å². The lowest BCUT2D eigenvalue weighted by atomic mass is 10.1. The first-order valence-electron chi connectivity index (χ1n) is 10.5. The second-order valence-electron chi connectivity index (χ2n) is 7.65. The number of aromatic amines is 2. The SMILES string of the molecule is CCN(Cc1ccc2[nH]c(=O)[nH]c(=O)c2c1)c1ccc(C(=O)N[C@@H](CCC(=O)O)C(=O)O)cc1. The van der Waals surface area contributed by atoms with E-state index in [0.29, 0.717) is 24.0 Å². The Bertz CT molecular complexity index is 1330. The molecule has 178 valence electrons. The Hall–Kier alpha value is -4.41. The largest absolute Gasteiger partial charge is 0.481 e. The van der Waals surface area contributed by atoms with E-state index >= 15 is 0 Å². The van der Waals surface area contributed by atoms with Crippen LogP contribution in [0.1, 0.15) is 35.7 Å². The number of amides is 1. The molecule has 5 N–H and O–H groups in total. The van der Waals surface area contributed by atoms with Crippen LogP contribution in [0.3, 0.4) is 0 Å². The molecule has 0 saturated carbocycles. The van der Waals surface area contributed by atoms with Crippen LogP contribution in [0.15, 0.2) is 52.1 Å². The lowest BCUT2D eigenvalue weighted by Gasteiger charge is -2.23. The van der Waals surface area contributed by atoms with Crippen molar-refractivity contribution < 1.29 is 24.6 Å². The molecular weight excluding hydrogens is 444 g/mol. The third-order valence-electron chi connectivity index (χ3n) is 5.30. The maximum Gasteiger partial charge on any atom is 0.326 e. The van der Waals surface area contributed by atoms with E-state index in [2.05, 4.69) is 15.3 Å². The van der Waals surface area contributed by atoms with Gasteiger partial charge in [0.15, 0.2) is 0 Å². The highest BCUT2D eigenvalue weighted by Crippen LogP contribution is 2.19. The van der Waals surface area contributed by atoms with Crippen LogP contribution < -0.4 is 21.5 Å². The van der Waals surface area contributed by atoms with Gasteiger partial charge in [0.25, 0.3) is 11.5 Å². The number of hydrogen-bond acceptors (Lipinski definition) is 6. The number of rotatable bonds is 10. The molecule has 3 rings (SSSR count). The summed E-state index contributed by atoms with van der Waals surface area (Å²) in [6, 6.07) is 10.4. The molecule has 1 atom stereocenters. The van der Waals surface area contributed by atoms with Crippen molar-refractivity contribution >= 4 is 34.4 Å². The van der Waals surface area contributed by atoms with Crippen molar-refractivity contribution in [1.29, 1.82) is 0 Å². The minimum Gasteiger partial charge on any atom is -0.481 e. The average Bonchev–Trinajstić information content (AvgIpc) is 2.80. The second kappa shape index (κ2) is 10.5. The molecule has 0 aliphatic carbocycles. The van der Waals surface area contributed by atoms with Crippen molar-refractivity contribution in [2.45, 2.75) is 32.4 Å². The van der Waals surface area contributed by atoms with Crippen LogP contribution >= 0.6 is 0 Å². The maximum atomic E-state index is 12.4. The third-order valence-corrected chi connectivity index (χ3v) is 5.30. The Morgan fingerprint density at radius 3 is 2.35 bits per heavy atom. The number of nitrogens with zero attached hydrogens (tertiary/aromatic N) is 1. The van der Waals surface area contributed by atoms with Gasteiger partial charge in [0.1, 0.15) is 6.04 Å². The van der Waals surface area contributed by atoms with E-state index in [9.17, 15) is 29.1 Å². The molecule has 0 unspecified atom stereocenters. The van der Waals surface area contributed by atoms with E-state index in [1.54, 1.807) is 36.4 Å². The molecule has 0 radical (unpaired) electrons. The summed E-state index contributed by atoms with van der Waals surface area (Å²) in [4.78, 5) is 64.7. The predicted molar refractivity (Wildman–Crippen MR) is 124 cm³/mol. The van der Waals surface area contributed by atoms with Gasteiger partial charge >= 0.3 is 17.6 Å². The third kappa shape index (κ3) is 5.88. The number of carbonyl (C=O) groups excluding carboxylic acids is 1. The first-order valence-corrected chi connectivity index (χ1v) is 10.5. The standard InChI is InChI=1S/C23H24N4O7/c1-2-27(12-13-3-8-17-16(11-13)21(31)26-23(34)25-17)15-6-4-14(5-7-15)20(30)24-18(22(32)33)9-10-19(28)29/h3-8,11,18H,2,9-10,12H2,1H3,(H,24,30)(H,28,29)(H,32,33)(H2,25,26,31,34)/t18-/m0/s1. The summed E-state index contributed by atoms with van der Waals surface area (Å²) in [7, 11) is 0. The molecule has 0 aliphatic heterocycles. The molecule has 1 heterocycles. The number of fused-ring (bicyclic) bond motifs is 1. The molecule has 0 saturated heterocycles. The fourth-order valence-corrected chi connectivity index (χ4v) is 3.51. The number of carbonyl (C=O) groups is 3. The fourth-order valence-electron chi connectivity index (χ4n) is 3.51. The van der Waals surface area contributed by atoms with E-state index in [1.807, 2.05) is 17.9 Å². The molecule has 0 aliphatic rings. The van der Waals surface area contributed by atoms with Crippen LogP contribution in [0.4, 0.5) is 5.69 Å². The summed E-state index contributed by atoms with van der Waals surface area (Å²) in [5.74, 6) is -3.06. The number of anilines is 1. The van der Waals surface area contributed by atoms with Crippen LogP contribution in [-0.4, -0.2) is 50.6 Å². The van der Waals surface area contributed by atoms with Crippen LogP contribution in [0.5, 0.6) is 0 Å². The number of aliphatic carboxylic acids is 2. The summed E-state index contributed by atoms with van der Waals surface area (Å²) in [5.41, 5.74) is 1.29. The van der Waals surface area contributed by atoms with Gasteiger partial charge in [-0.3, -0.25) is 19.4 Å². The highest BCUT2D eigenvalue weighted by molar-refractivity contribution is 5.97. The highest BCUT2D eigenvalue weighted by atomic mass is 16.4. The number of nitrogens with one attached hydrogen (secondary N) is 3. The zero-order chi connectivity index (χ0) is 24.8. The van der Waals surface area contributed by atoms with Gasteiger partial charge in [0.05, 0.1) is 10.9 Å². The van der Waals surface area contributed by atoms with Crippen molar-refractivity contribution in [3.8, 4) is 0 Å². The monoisotopic (exact) mass is 468 g/mol. The fraction of sp³-hybridized carbons (Fsp3) is 0.261. The quantitative estimate of drug-likeness (QED) is 0.296. The van der Waals surface area contributed by atoms with E-state index in [-0.39, 0.29) is 18.4 Å². The molecule has 2 aromatic carbocycles. The molecule has 0 fully saturated rings. The maximum absolute atomic E-state index is 12.4. The van der Waals surface area contributed by atoms with Gasteiger partial charge in [-0.15, -0.1) is 0 Å². The zero-order valence-electron chi connectivity index (χ0n) is 18.3. The van der Waals surface area contributed by atoms with Gasteiger partial charge in [-0.1, -0.05) is 6.07 Å². The summed E-state index contributed by atoms with van der Waals surface area (Å²) in [6.45, 7) is 3.04. The van der Waals surface area contributed by atoms with Crippen LogP contribution in [0.25, 0.3) is 10.9 Å². The Morgan fingerprint density at radius 1 is 1.03 bits per heavy atom. The Morgan fingerprint density at radius 2 is 1.74 bits per heavy atom. The average molecular weight is 468 g/mol. The van der Waals surface area contributed by atoms with Gasteiger partial charge in [-0.2, -0.15) is 0 Å². The first-order chi connectivity index (χ1) is 16.2. The van der Waals surface area contributed by atoms with Crippen LogP contribution in [-0.2, 0) is 16.1 Å². The van der Waals surface area contributed by atoms with Crippen molar-refractivity contribution in [3.63, 3.8) is 0 Å². The number of benzene rings is 2. The molecule has 11 heteroatoms. The summed E-state index contributed by atoms with van der Waals surface area (Å²) in [6.07, 6.45) is -0.598. The van der Waals surface area contributed by atoms with Gasteiger partial charge in [0.2, 0.25) is 0 Å². The molecule has 0 bridgehead atoms. The molecule has 1 aromatic heterocycles. The summed E-state index contributed by atoms with van der Waals surface area (Å²) in [5, 5.41) is 20.7. The van der Waals surface area contributed by atoms with E-state index in [0.717, 1.165) is 11.3 Å². The van der Waals surface area contributed by atoms with Crippen molar-refractivity contribution in [2.75, 3.05) is 11.4 Å². The first kappa shape index (κ1) is 24.2. The zero-order valence-corrected chi connectivity index (χ0v) is 18.3. The number of aromatic nitrogens is 2. The number of carboxylic acids is 2. The minimum absolute atomic E-state index is 0.222. The Labute approximate surface area is 193 Å². The number of H-pyrrole nitrogens is 2. The molecule has 0 spiro atoms. The topological polar surface area (TPSA) is 173 Å². The Kier molecular flexibility index (Phi) is 7.46. The van der Waals surface area contributed by atoms with Crippen molar-refractivity contribution in [3.05, 3.63) is 74.4 Å². The molecular formula is C23H24N4O7. The van der Waals surface area contributed by atoms with Crippen molar-refractivity contribution in [1.82, 2.24) is 15.3 Å². The Balaban J connectivity index is 1.73. The lowest BCUT2D eigenvalue weighted by molar-refractivity contribution is -0.140. The second-order valence-corrected chi connectivity index (χ2v) is 7.65. The smallest absolute Gasteiger partial charge is 0.326 e. The highest BCUT2D eigenvalue weighted by Gasteiger charge is 2.21. The molecule has 1 amide bonds.